The molecule has 0 saturated carbocycles. The molecule has 1 heterocycles. The average molecular weight is 429 g/mol. The lowest BCUT2D eigenvalue weighted by Gasteiger charge is -2.28. The zero-order valence-corrected chi connectivity index (χ0v) is 17.5. The van der Waals surface area contributed by atoms with Gasteiger partial charge in [-0.05, 0) is 30.7 Å². The van der Waals surface area contributed by atoms with E-state index in [1.165, 1.54) is 4.90 Å². The summed E-state index contributed by atoms with van der Waals surface area (Å²) < 4.78 is 0. The molecule has 0 bridgehead atoms. The highest BCUT2D eigenvalue weighted by Gasteiger charge is 2.53. The van der Waals surface area contributed by atoms with Crippen molar-refractivity contribution in [3.8, 4) is 0 Å². The Balaban J connectivity index is 1.69. The van der Waals surface area contributed by atoms with Crippen LogP contribution < -0.4 is 15.5 Å². The highest BCUT2D eigenvalue weighted by molar-refractivity contribution is 6.11. The molecule has 1 aliphatic rings. The number of nitrogens with zero attached hydrogens (tertiary/aromatic N) is 1. The van der Waals surface area contributed by atoms with Crippen molar-refractivity contribution in [1.29, 1.82) is 0 Å². The Morgan fingerprint density at radius 1 is 0.938 bits per heavy atom. The molecular weight excluding hydrogens is 406 g/mol. The summed E-state index contributed by atoms with van der Waals surface area (Å²) in [6.07, 6.45) is -0.574. The number of nitrogens with one attached hydrogen (secondary N) is 2. The quantitative estimate of drug-likeness (QED) is 0.551. The number of carboxylic acids is 1. The Morgan fingerprint density at radius 3 is 2.28 bits per heavy atom. The normalized spacial score (nSPS) is 17.0. The van der Waals surface area contributed by atoms with Crippen LogP contribution in [0.3, 0.4) is 0 Å². The van der Waals surface area contributed by atoms with Gasteiger partial charge >= 0.3 is 12.0 Å². The van der Waals surface area contributed by atoms with Crippen LogP contribution in [0.1, 0.15) is 23.1 Å². The first-order valence-corrected chi connectivity index (χ1v) is 10.2. The number of anilines is 2. The fourth-order valence-corrected chi connectivity index (χ4v) is 4.00. The molecule has 0 aromatic heterocycles. The van der Waals surface area contributed by atoms with Crippen LogP contribution in [-0.4, -0.2) is 23.0 Å². The molecule has 3 amide bonds. The second kappa shape index (κ2) is 8.55. The van der Waals surface area contributed by atoms with E-state index in [2.05, 4.69) is 10.6 Å². The number of urea groups is 1. The van der Waals surface area contributed by atoms with Crippen molar-refractivity contribution in [2.45, 2.75) is 25.4 Å². The lowest BCUT2D eigenvalue weighted by atomic mass is 9.88. The standard InChI is InChI=1S/C25H23N3O4/c1-17-11-13-19(14-12-17)26-24(32)27-25(15-22(29)30)20-9-5-6-10-21(20)28(23(25)31)16-18-7-3-2-4-8-18/h2-14H,15-16H2,1H3,(H,29,30)(H2,26,27,32). The smallest absolute Gasteiger partial charge is 0.320 e. The molecule has 7 heteroatoms. The van der Waals surface area contributed by atoms with E-state index in [0.29, 0.717) is 16.9 Å². The molecule has 4 rings (SSSR count). The summed E-state index contributed by atoms with van der Waals surface area (Å²) in [5.74, 6) is -1.67. The predicted octanol–water partition coefficient (Wildman–Crippen LogP) is 4.03. The van der Waals surface area contributed by atoms with Gasteiger partial charge in [0.25, 0.3) is 5.91 Å². The monoisotopic (exact) mass is 429 g/mol. The van der Waals surface area contributed by atoms with Gasteiger partial charge in [-0.2, -0.15) is 0 Å². The topological polar surface area (TPSA) is 98.7 Å². The third-order valence-corrected chi connectivity index (χ3v) is 5.50. The van der Waals surface area contributed by atoms with E-state index >= 15 is 0 Å². The summed E-state index contributed by atoms with van der Waals surface area (Å²) >= 11 is 0. The fraction of sp³-hybridized carbons (Fsp3) is 0.160. The van der Waals surface area contributed by atoms with Crippen molar-refractivity contribution in [2.24, 2.45) is 0 Å². The predicted molar refractivity (Wildman–Crippen MR) is 121 cm³/mol. The van der Waals surface area contributed by atoms with Crippen molar-refractivity contribution in [2.75, 3.05) is 10.2 Å². The molecule has 7 nitrogen and oxygen atoms in total. The number of amides is 3. The summed E-state index contributed by atoms with van der Waals surface area (Å²) in [4.78, 5) is 39.9. The Hall–Kier alpha value is -4.13. The van der Waals surface area contributed by atoms with Gasteiger partial charge in [-0.3, -0.25) is 9.59 Å². The number of rotatable bonds is 6. The minimum Gasteiger partial charge on any atom is -0.481 e. The van der Waals surface area contributed by atoms with E-state index in [1.807, 2.05) is 49.4 Å². The van der Waals surface area contributed by atoms with Gasteiger partial charge in [0.15, 0.2) is 5.54 Å². The number of aryl methyl sites for hydroxylation is 1. The van der Waals surface area contributed by atoms with Crippen LogP contribution in [0.5, 0.6) is 0 Å². The maximum Gasteiger partial charge on any atom is 0.320 e. The number of carbonyl (C=O) groups excluding carboxylic acids is 2. The zero-order valence-electron chi connectivity index (χ0n) is 17.5. The molecule has 1 atom stereocenters. The van der Waals surface area contributed by atoms with E-state index in [4.69, 9.17) is 0 Å². The molecule has 3 aromatic rings. The molecule has 3 aromatic carbocycles. The number of hydrogen-bond donors (Lipinski definition) is 3. The Morgan fingerprint density at radius 2 is 1.59 bits per heavy atom. The fourth-order valence-electron chi connectivity index (χ4n) is 4.00. The molecule has 162 valence electrons. The van der Waals surface area contributed by atoms with Crippen LogP contribution in [0.25, 0.3) is 0 Å². The summed E-state index contributed by atoms with van der Waals surface area (Å²) in [7, 11) is 0. The van der Waals surface area contributed by atoms with E-state index in [-0.39, 0.29) is 6.54 Å². The van der Waals surface area contributed by atoms with Gasteiger partial charge in [0.2, 0.25) is 0 Å². The molecule has 0 saturated heterocycles. The Bertz CT molecular complexity index is 1160. The van der Waals surface area contributed by atoms with E-state index in [0.717, 1.165) is 11.1 Å². The van der Waals surface area contributed by atoms with Gasteiger partial charge in [-0.25, -0.2) is 4.79 Å². The Kier molecular flexibility index (Phi) is 5.64. The second-order valence-electron chi connectivity index (χ2n) is 7.82. The number of fused-ring (bicyclic) bond motifs is 1. The summed E-state index contributed by atoms with van der Waals surface area (Å²) in [5, 5.41) is 15.0. The SMILES string of the molecule is Cc1ccc(NC(=O)NC2(CC(=O)O)C(=O)N(Cc3ccccc3)c3ccccc32)cc1. The summed E-state index contributed by atoms with van der Waals surface area (Å²) in [5.41, 5.74) is 1.80. The van der Waals surface area contributed by atoms with Gasteiger partial charge in [-0.1, -0.05) is 66.2 Å². The number of carboxylic acid groups (broad SMARTS) is 1. The third kappa shape index (κ3) is 4.05. The van der Waals surface area contributed by atoms with Crippen LogP contribution in [-0.2, 0) is 21.7 Å². The second-order valence-corrected chi connectivity index (χ2v) is 7.82. The Labute approximate surface area is 185 Å². The number of hydrogen-bond acceptors (Lipinski definition) is 3. The molecule has 3 N–H and O–H groups in total. The van der Waals surface area contributed by atoms with Crippen molar-refractivity contribution < 1.29 is 19.5 Å². The number of carbonyl (C=O) groups is 3. The first-order valence-electron chi connectivity index (χ1n) is 10.2. The molecule has 1 aliphatic heterocycles. The maximum atomic E-state index is 13.7. The van der Waals surface area contributed by atoms with Crippen molar-refractivity contribution >= 4 is 29.3 Å². The van der Waals surface area contributed by atoms with Crippen molar-refractivity contribution in [1.82, 2.24) is 5.32 Å². The molecule has 1 unspecified atom stereocenters. The minimum atomic E-state index is -1.72. The van der Waals surface area contributed by atoms with Crippen LogP contribution in [0.2, 0.25) is 0 Å². The van der Waals surface area contributed by atoms with E-state index < -0.39 is 29.9 Å². The van der Waals surface area contributed by atoms with Crippen LogP contribution in [0, 0.1) is 6.92 Å². The lowest BCUT2D eigenvalue weighted by molar-refractivity contribution is -0.141. The van der Waals surface area contributed by atoms with Crippen LogP contribution in [0.15, 0.2) is 78.9 Å². The summed E-state index contributed by atoms with van der Waals surface area (Å²) in [6.45, 7) is 2.19. The van der Waals surface area contributed by atoms with E-state index in [1.54, 1.807) is 36.4 Å². The largest absolute Gasteiger partial charge is 0.481 e. The van der Waals surface area contributed by atoms with Gasteiger partial charge in [0.05, 0.1) is 18.7 Å². The first kappa shape index (κ1) is 21.1. The highest BCUT2D eigenvalue weighted by Crippen LogP contribution is 2.43. The molecular formula is C25H23N3O4. The van der Waals surface area contributed by atoms with Gasteiger partial charge in [-0.15, -0.1) is 0 Å². The molecule has 0 fully saturated rings. The molecule has 0 radical (unpaired) electrons. The maximum absolute atomic E-state index is 13.7. The van der Waals surface area contributed by atoms with Gasteiger partial charge in [0, 0.05) is 11.3 Å². The average Bonchev–Trinajstić information content (AvgIpc) is 2.98. The number of aliphatic carboxylic acids is 1. The molecule has 0 aliphatic carbocycles. The first-order chi connectivity index (χ1) is 15.4. The van der Waals surface area contributed by atoms with Crippen LogP contribution in [0.4, 0.5) is 16.2 Å². The third-order valence-electron chi connectivity index (χ3n) is 5.50. The van der Waals surface area contributed by atoms with Crippen LogP contribution >= 0.6 is 0 Å². The lowest BCUT2D eigenvalue weighted by Crippen LogP contribution is -2.55. The van der Waals surface area contributed by atoms with E-state index in [9.17, 15) is 19.5 Å². The minimum absolute atomic E-state index is 0.263. The number of benzene rings is 3. The van der Waals surface area contributed by atoms with Gasteiger partial charge < -0.3 is 20.6 Å². The highest BCUT2D eigenvalue weighted by atomic mass is 16.4. The van der Waals surface area contributed by atoms with Gasteiger partial charge in [0.1, 0.15) is 0 Å². The number of para-hydroxylation sites is 1. The van der Waals surface area contributed by atoms with Crippen molar-refractivity contribution in [3.05, 3.63) is 95.6 Å². The molecule has 32 heavy (non-hydrogen) atoms. The van der Waals surface area contributed by atoms with Crippen molar-refractivity contribution in [3.63, 3.8) is 0 Å². The summed E-state index contributed by atoms with van der Waals surface area (Å²) in [6, 6.07) is 22.9. The molecule has 0 spiro atoms. The zero-order chi connectivity index (χ0) is 22.7.